The van der Waals surface area contributed by atoms with Crippen molar-refractivity contribution in [3.8, 4) is 0 Å². The molecule has 9 nitrogen and oxygen atoms in total. The number of hydrogen-bond acceptors (Lipinski definition) is 9. The number of ether oxygens (including phenoxy) is 1. The molecule has 0 radical (unpaired) electrons. The molecule has 1 saturated heterocycles. The number of furan rings is 1. The number of amidine groups is 1. The Bertz CT molecular complexity index is 1080. The number of rotatable bonds is 10. The van der Waals surface area contributed by atoms with E-state index in [1.165, 1.54) is 0 Å². The predicted molar refractivity (Wildman–Crippen MR) is 124 cm³/mol. The Morgan fingerprint density at radius 3 is 2.66 bits per heavy atom. The molecule has 1 aliphatic heterocycles. The fraction of sp³-hybridized carbons (Fsp3) is 0.381. The van der Waals surface area contributed by atoms with Gasteiger partial charge >= 0.3 is 5.97 Å². The quantitative estimate of drug-likeness (QED) is 0.395. The van der Waals surface area contributed by atoms with E-state index in [4.69, 9.17) is 14.6 Å². The molecule has 11 heteroatoms. The summed E-state index contributed by atoms with van der Waals surface area (Å²) in [4.78, 5) is 18.5. The highest BCUT2D eigenvalue weighted by Crippen LogP contribution is 2.17. The molecule has 2 aromatic rings. The third-order valence-electron chi connectivity index (χ3n) is 4.44. The van der Waals surface area contributed by atoms with E-state index in [0.29, 0.717) is 18.1 Å². The smallest absolute Gasteiger partial charge is 0.333 e. The van der Waals surface area contributed by atoms with Crippen molar-refractivity contribution in [2.45, 2.75) is 24.2 Å². The maximum atomic E-state index is 12.3. The average Bonchev–Trinajstić information content (AvgIpc) is 3.27. The second-order valence-corrected chi connectivity index (χ2v) is 10.3. The molecule has 1 unspecified atom stereocenters. The van der Waals surface area contributed by atoms with E-state index >= 15 is 0 Å². The first-order valence-corrected chi connectivity index (χ1v) is 12.6. The molecule has 1 aromatic carbocycles. The van der Waals surface area contributed by atoms with E-state index in [2.05, 4.69) is 9.71 Å². The zero-order valence-electron chi connectivity index (χ0n) is 17.9. The van der Waals surface area contributed by atoms with Gasteiger partial charge in [0, 0.05) is 5.75 Å². The van der Waals surface area contributed by atoms with Gasteiger partial charge in [0.1, 0.15) is 23.8 Å². The van der Waals surface area contributed by atoms with Crippen LogP contribution >= 0.6 is 11.8 Å². The summed E-state index contributed by atoms with van der Waals surface area (Å²) in [5, 5.41) is 6.39. The molecule has 2 heterocycles. The normalized spacial score (nSPS) is 18.8. The summed E-state index contributed by atoms with van der Waals surface area (Å²) >= 11 is 1.58. The van der Waals surface area contributed by atoms with Crippen molar-refractivity contribution in [1.29, 1.82) is 5.41 Å². The number of sulfonamides is 1. The van der Waals surface area contributed by atoms with Crippen molar-refractivity contribution in [3.63, 3.8) is 0 Å². The lowest BCUT2D eigenvalue weighted by Crippen LogP contribution is -2.35. The summed E-state index contributed by atoms with van der Waals surface area (Å²) in [5.74, 6) is 1.91. The molecular formula is C21H26N4O5S2. The third-order valence-corrected chi connectivity index (χ3v) is 6.93. The summed E-state index contributed by atoms with van der Waals surface area (Å²) in [6.45, 7) is 0.961. The number of esters is 1. The maximum absolute atomic E-state index is 12.3. The zero-order chi connectivity index (χ0) is 23.1. The van der Waals surface area contributed by atoms with Gasteiger partial charge in [-0.3, -0.25) is 19.9 Å². The molecule has 1 aromatic heterocycles. The Morgan fingerprint density at radius 1 is 1.22 bits per heavy atom. The van der Waals surface area contributed by atoms with Gasteiger partial charge in [0.25, 0.3) is 10.0 Å². The number of aliphatic imine (C=N–C) groups is 1. The van der Waals surface area contributed by atoms with Crippen molar-refractivity contribution >= 4 is 39.3 Å². The number of thioether (sulfide) groups is 1. The van der Waals surface area contributed by atoms with Gasteiger partial charge in [-0.15, -0.1) is 0 Å². The Morgan fingerprint density at radius 2 is 1.94 bits per heavy atom. The molecule has 172 valence electrons. The topological polar surface area (TPSA) is 125 Å². The van der Waals surface area contributed by atoms with Gasteiger partial charge in [-0.2, -0.15) is 11.8 Å². The van der Waals surface area contributed by atoms with Crippen LogP contribution in [-0.2, 0) is 38.5 Å². The van der Waals surface area contributed by atoms with E-state index in [9.17, 15) is 13.2 Å². The van der Waals surface area contributed by atoms with Crippen LogP contribution in [0.2, 0.25) is 0 Å². The first-order chi connectivity index (χ1) is 15.3. The van der Waals surface area contributed by atoms with Crippen LogP contribution in [0.15, 0.2) is 51.9 Å². The van der Waals surface area contributed by atoms with Crippen molar-refractivity contribution in [3.05, 3.63) is 59.5 Å². The summed E-state index contributed by atoms with van der Waals surface area (Å²) in [6, 6.07) is 12.8. The van der Waals surface area contributed by atoms with E-state index in [1.54, 1.807) is 36.0 Å². The molecular weight excluding hydrogens is 452 g/mol. The number of nitrogens with zero attached hydrogens (tertiary/aromatic N) is 2. The number of carbonyl (C=O) groups excluding carboxylic acids is 1. The number of benzene rings is 1. The highest BCUT2D eigenvalue weighted by molar-refractivity contribution is 7.98. The molecule has 2 N–H and O–H groups in total. The van der Waals surface area contributed by atoms with Crippen molar-refractivity contribution in [2.75, 3.05) is 26.4 Å². The van der Waals surface area contributed by atoms with Gasteiger partial charge in [0.05, 0.1) is 18.8 Å². The van der Waals surface area contributed by atoms with E-state index in [-0.39, 0.29) is 12.4 Å². The average molecular weight is 479 g/mol. The third kappa shape index (κ3) is 6.44. The fourth-order valence-electron chi connectivity index (χ4n) is 2.99. The van der Waals surface area contributed by atoms with Gasteiger partial charge < -0.3 is 14.1 Å². The second kappa shape index (κ2) is 10.8. The molecule has 0 spiro atoms. The van der Waals surface area contributed by atoms with Crippen LogP contribution in [0.4, 0.5) is 0 Å². The first-order valence-electron chi connectivity index (χ1n) is 9.92. The highest BCUT2D eigenvalue weighted by Gasteiger charge is 2.47. The first kappa shape index (κ1) is 24.0. The van der Waals surface area contributed by atoms with Gasteiger partial charge in [0.2, 0.25) is 5.25 Å². The molecule has 0 saturated carbocycles. The van der Waals surface area contributed by atoms with Crippen LogP contribution in [0.1, 0.15) is 17.1 Å². The van der Waals surface area contributed by atoms with Crippen LogP contribution in [0.5, 0.6) is 0 Å². The Kier molecular flexibility index (Phi) is 8.10. The lowest BCUT2D eigenvalue weighted by atomic mass is 10.2. The lowest BCUT2D eigenvalue weighted by Gasteiger charge is -2.08. The summed E-state index contributed by atoms with van der Waals surface area (Å²) < 4.78 is 37.7. The molecule has 32 heavy (non-hydrogen) atoms. The minimum atomic E-state index is -4.09. The van der Waals surface area contributed by atoms with Crippen LogP contribution in [-0.4, -0.2) is 62.5 Å². The van der Waals surface area contributed by atoms with Gasteiger partial charge in [-0.25, -0.2) is 8.42 Å². The number of carbonyl (C=O) groups is 1. The lowest BCUT2D eigenvalue weighted by molar-refractivity contribution is -0.143. The maximum Gasteiger partial charge on any atom is 0.333 e. The van der Waals surface area contributed by atoms with Crippen molar-refractivity contribution < 1.29 is 22.4 Å². The van der Waals surface area contributed by atoms with Gasteiger partial charge in [0.15, 0.2) is 5.84 Å². The molecule has 1 aliphatic rings. The molecule has 0 amide bonds. The van der Waals surface area contributed by atoms with Crippen LogP contribution in [0.3, 0.4) is 0 Å². The molecule has 0 bridgehead atoms. The highest BCUT2D eigenvalue weighted by atomic mass is 32.2. The SMILES string of the molecule is CN(C)Cc1ccc(CSCCN=C2NS(=O)(=O)C(C(=O)OCc3ccccc3)C2=N)o1. The zero-order valence-corrected chi connectivity index (χ0v) is 19.5. The van der Waals surface area contributed by atoms with Crippen LogP contribution < -0.4 is 4.72 Å². The van der Waals surface area contributed by atoms with Gasteiger partial charge in [-0.05, 0) is 31.8 Å². The Balaban J connectivity index is 1.48. The number of hydrogen-bond donors (Lipinski definition) is 2. The van der Waals surface area contributed by atoms with E-state index in [1.807, 2.05) is 37.2 Å². The van der Waals surface area contributed by atoms with Crippen LogP contribution in [0, 0.1) is 5.41 Å². The standard InChI is InChI=1S/C21H26N4O5S2/c1-25(2)12-16-8-9-17(30-16)14-31-11-10-23-20-18(22)19(32(27,28)24-20)21(26)29-13-15-6-4-3-5-7-15/h3-9,19,22H,10-14H2,1-2H3,(H,23,24). The molecule has 1 fully saturated rings. The summed E-state index contributed by atoms with van der Waals surface area (Å²) in [6.07, 6.45) is 0. The number of nitrogens with one attached hydrogen (secondary N) is 2. The minimum Gasteiger partial charge on any atom is -0.464 e. The Labute approximate surface area is 191 Å². The van der Waals surface area contributed by atoms with Gasteiger partial charge in [-0.1, -0.05) is 30.3 Å². The van der Waals surface area contributed by atoms with Crippen molar-refractivity contribution in [1.82, 2.24) is 9.62 Å². The van der Waals surface area contributed by atoms with E-state index < -0.39 is 27.0 Å². The minimum absolute atomic E-state index is 0.0644. The fourth-order valence-corrected chi connectivity index (χ4v) is 5.01. The largest absolute Gasteiger partial charge is 0.464 e. The summed E-state index contributed by atoms with van der Waals surface area (Å²) in [5.41, 5.74) is 0.333. The predicted octanol–water partition coefficient (Wildman–Crippen LogP) is 2.04. The molecule has 3 rings (SSSR count). The molecule has 0 aliphatic carbocycles. The Hall–Kier alpha value is -2.63. The monoisotopic (exact) mass is 478 g/mol. The van der Waals surface area contributed by atoms with E-state index in [0.717, 1.165) is 23.6 Å². The second-order valence-electron chi connectivity index (χ2n) is 7.42. The summed E-state index contributed by atoms with van der Waals surface area (Å²) in [7, 11) is -0.146. The molecule has 1 atom stereocenters. The van der Waals surface area contributed by atoms with Crippen molar-refractivity contribution in [2.24, 2.45) is 4.99 Å². The van der Waals surface area contributed by atoms with Crippen LogP contribution in [0.25, 0.3) is 0 Å².